The van der Waals surface area contributed by atoms with Crippen molar-refractivity contribution >= 4 is 15.9 Å². The van der Waals surface area contributed by atoms with Crippen LogP contribution in [0, 0.1) is 5.82 Å². The lowest BCUT2D eigenvalue weighted by atomic mass is 10.0. The monoisotopic (exact) mass is 351 g/mol. The van der Waals surface area contributed by atoms with Gasteiger partial charge in [0.1, 0.15) is 5.82 Å². The molecule has 1 fully saturated rings. The molecular formula is C16H19BrFN3. The SMILES string of the molecule is NC(Cc1ccn(C2CCCC2)n1)c1ccc(F)cc1Br. The Balaban J connectivity index is 1.70. The minimum atomic E-state index is -0.261. The van der Waals surface area contributed by atoms with Crippen molar-refractivity contribution in [1.29, 1.82) is 0 Å². The summed E-state index contributed by atoms with van der Waals surface area (Å²) >= 11 is 3.37. The third-order valence-electron chi connectivity index (χ3n) is 4.15. The molecule has 1 aliphatic carbocycles. The number of halogens is 2. The van der Waals surface area contributed by atoms with Crippen LogP contribution < -0.4 is 5.73 Å². The topological polar surface area (TPSA) is 43.8 Å². The molecule has 1 unspecified atom stereocenters. The van der Waals surface area contributed by atoms with Crippen molar-refractivity contribution in [1.82, 2.24) is 9.78 Å². The van der Waals surface area contributed by atoms with Gasteiger partial charge in [0.25, 0.3) is 0 Å². The summed E-state index contributed by atoms with van der Waals surface area (Å²) in [5.41, 5.74) is 8.14. The van der Waals surface area contributed by atoms with E-state index in [0.717, 1.165) is 11.3 Å². The van der Waals surface area contributed by atoms with Crippen LogP contribution in [-0.2, 0) is 6.42 Å². The van der Waals surface area contributed by atoms with Crippen molar-refractivity contribution in [2.45, 2.75) is 44.2 Å². The average Bonchev–Trinajstić information content (AvgIpc) is 3.08. The van der Waals surface area contributed by atoms with Crippen LogP contribution in [0.1, 0.15) is 49.0 Å². The fraction of sp³-hybridized carbons (Fsp3) is 0.438. The molecule has 0 spiro atoms. The van der Waals surface area contributed by atoms with Gasteiger partial charge in [-0.2, -0.15) is 5.10 Å². The number of hydrogen-bond donors (Lipinski definition) is 1. The van der Waals surface area contributed by atoms with E-state index in [1.54, 1.807) is 6.07 Å². The smallest absolute Gasteiger partial charge is 0.124 e. The lowest BCUT2D eigenvalue weighted by molar-refractivity contribution is 0.461. The second-order valence-electron chi connectivity index (χ2n) is 5.70. The first-order valence-electron chi connectivity index (χ1n) is 7.38. The van der Waals surface area contributed by atoms with Gasteiger partial charge in [0.2, 0.25) is 0 Å². The van der Waals surface area contributed by atoms with E-state index in [0.29, 0.717) is 16.9 Å². The summed E-state index contributed by atoms with van der Waals surface area (Å²) in [4.78, 5) is 0. The first-order valence-corrected chi connectivity index (χ1v) is 8.17. The fourth-order valence-corrected chi connectivity index (χ4v) is 3.64. The molecule has 0 bridgehead atoms. The predicted molar refractivity (Wildman–Crippen MR) is 84.5 cm³/mol. The molecule has 0 aliphatic heterocycles. The Labute approximate surface area is 132 Å². The van der Waals surface area contributed by atoms with Gasteiger partial charge < -0.3 is 5.73 Å². The number of benzene rings is 1. The van der Waals surface area contributed by atoms with E-state index in [-0.39, 0.29) is 11.9 Å². The summed E-state index contributed by atoms with van der Waals surface area (Å²) in [6.45, 7) is 0. The minimum Gasteiger partial charge on any atom is -0.324 e. The van der Waals surface area contributed by atoms with Crippen molar-refractivity contribution in [2.24, 2.45) is 5.73 Å². The quantitative estimate of drug-likeness (QED) is 0.899. The van der Waals surface area contributed by atoms with E-state index >= 15 is 0 Å². The Hall–Kier alpha value is -1.20. The van der Waals surface area contributed by atoms with Crippen molar-refractivity contribution in [3.63, 3.8) is 0 Å². The van der Waals surface area contributed by atoms with Crippen molar-refractivity contribution in [3.05, 3.63) is 52.0 Å². The minimum absolute atomic E-state index is 0.188. The molecule has 0 amide bonds. The Morgan fingerprint density at radius 1 is 1.33 bits per heavy atom. The maximum absolute atomic E-state index is 13.1. The maximum atomic E-state index is 13.1. The molecule has 0 saturated heterocycles. The van der Waals surface area contributed by atoms with Gasteiger partial charge in [-0.25, -0.2) is 4.39 Å². The third kappa shape index (κ3) is 3.35. The molecule has 1 heterocycles. The zero-order valence-electron chi connectivity index (χ0n) is 11.8. The zero-order chi connectivity index (χ0) is 14.8. The summed E-state index contributed by atoms with van der Waals surface area (Å²) in [5.74, 6) is -0.261. The summed E-state index contributed by atoms with van der Waals surface area (Å²) in [6.07, 6.45) is 7.73. The predicted octanol–water partition coefficient (Wildman–Crippen LogP) is 4.14. The second-order valence-corrected chi connectivity index (χ2v) is 6.56. The highest BCUT2D eigenvalue weighted by atomic mass is 79.9. The van der Waals surface area contributed by atoms with E-state index in [9.17, 15) is 4.39 Å². The van der Waals surface area contributed by atoms with Crippen LogP contribution in [-0.4, -0.2) is 9.78 Å². The summed E-state index contributed by atoms with van der Waals surface area (Å²) in [7, 11) is 0. The average molecular weight is 352 g/mol. The van der Waals surface area contributed by atoms with Crippen LogP contribution in [0.2, 0.25) is 0 Å². The van der Waals surface area contributed by atoms with Gasteiger partial charge in [-0.15, -0.1) is 0 Å². The van der Waals surface area contributed by atoms with Crippen LogP contribution in [0.3, 0.4) is 0 Å². The van der Waals surface area contributed by atoms with E-state index in [1.807, 2.05) is 6.07 Å². The van der Waals surface area contributed by atoms with Gasteiger partial charge in [-0.3, -0.25) is 4.68 Å². The standard InChI is InChI=1S/C16H19BrFN3/c17-15-9-11(18)5-6-14(15)16(19)10-12-7-8-21(20-12)13-3-1-2-4-13/h5-9,13,16H,1-4,10,19H2. The van der Waals surface area contributed by atoms with Gasteiger partial charge in [0, 0.05) is 23.1 Å². The molecule has 2 aromatic rings. The molecule has 2 N–H and O–H groups in total. The molecule has 21 heavy (non-hydrogen) atoms. The molecule has 1 aromatic carbocycles. The van der Waals surface area contributed by atoms with Crippen molar-refractivity contribution in [3.8, 4) is 0 Å². The van der Waals surface area contributed by atoms with Crippen molar-refractivity contribution in [2.75, 3.05) is 0 Å². The largest absolute Gasteiger partial charge is 0.324 e. The third-order valence-corrected chi connectivity index (χ3v) is 4.84. The van der Waals surface area contributed by atoms with E-state index < -0.39 is 0 Å². The molecule has 1 aromatic heterocycles. The highest BCUT2D eigenvalue weighted by Gasteiger charge is 2.18. The van der Waals surface area contributed by atoms with Gasteiger partial charge >= 0.3 is 0 Å². The number of hydrogen-bond acceptors (Lipinski definition) is 2. The van der Waals surface area contributed by atoms with E-state index in [2.05, 4.69) is 31.9 Å². The molecule has 3 nitrogen and oxygen atoms in total. The molecule has 1 atom stereocenters. The number of aromatic nitrogens is 2. The lowest BCUT2D eigenvalue weighted by Gasteiger charge is -2.13. The number of nitrogens with zero attached hydrogens (tertiary/aromatic N) is 2. The summed E-state index contributed by atoms with van der Waals surface area (Å²) in [5, 5.41) is 4.65. The lowest BCUT2D eigenvalue weighted by Crippen LogP contribution is -2.15. The molecule has 112 valence electrons. The molecule has 1 saturated carbocycles. The molecule has 3 rings (SSSR count). The molecular weight excluding hydrogens is 333 g/mol. The maximum Gasteiger partial charge on any atom is 0.124 e. The van der Waals surface area contributed by atoms with Crippen LogP contribution in [0.15, 0.2) is 34.9 Å². The van der Waals surface area contributed by atoms with Crippen LogP contribution in [0.4, 0.5) is 4.39 Å². The first kappa shape index (κ1) is 14.7. The molecule has 5 heteroatoms. The van der Waals surface area contributed by atoms with Crippen molar-refractivity contribution < 1.29 is 4.39 Å². The van der Waals surface area contributed by atoms with E-state index in [1.165, 1.54) is 37.8 Å². The molecule has 0 radical (unpaired) electrons. The normalized spacial score (nSPS) is 17.3. The summed E-state index contributed by atoms with van der Waals surface area (Å²) in [6, 6.07) is 7.02. The van der Waals surface area contributed by atoms with Crippen LogP contribution in [0.5, 0.6) is 0 Å². The Bertz CT molecular complexity index is 620. The highest BCUT2D eigenvalue weighted by Crippen LogP contribution is 2.29. The number of nitrogens with two attached hydrogens (primary N) is 1. The van der Waals surface area contributed by atoms with Gasteiger partial charge in [-0.05, 0) is 36.6 Å². The fourth-order valence-electron chi connectivity index (χ4n) is 3.00. The van der Waals surface area contributed by atoms with Gasteiger partial charge in [0.05, 0.1) is 11.7 Å². The number of rotatable bonds is 4. The molecule has 1 aliphatic rings. The van der Waals surface area contributed by atoms with Crippen LogP contribution >= 0.6 is 15.9 Å². The summed E-state index contributed by atoms with van der Waals surface area (Å²) < 4.78 is 15.9. The Kier molecular flexibility index (Phi) is 4.40. The Morgan fingerprint density at radius 2 is 2.10 bits per heavy atom. The van der Waals surface area contributed by atoms with E-state index in [4.69, 9.17) is 5.73 Å². The zero-order valence-corrected chi connectivity index (χ0v) is 13.4. The first-order chi connectivity index (χ1) is 10.1. The van der Waals surface area contributed by atoms with Crippen LogP contribution in [0.25, 0.3) is 0 Å². The Morgan fingerprint density at radius 3 is 2.81 bits per heavy atom. The van der Waals surface area contributed by atoms with Gasteiger partial charge in [-0.1, -0.05) is 34.8 Å². The second kappa shape index (κ2) is 6.28. The van der Waals surface area contributed by atoms with Gasteiger partial charge in [0.15, 0.2) is 0 Å². The highest BCUT2D eigenvalue weighted by molar-refractivity contribution is 9.10.